The van der Waals surface area contributed by atoms with E-state index in [1.807, 2.05) is 0 Å². The predicted molar refractivity (Wildman–Crippen MR) is 106 cm³/mol. The molecule has 1 fully saturated rings. The van der Waals surface area contributed by atoms with Crippen molar-refractivity contribution in [1.29, 1.82) is 0 Å². The highest BCUT2D eigenvalue weighted by Gasteiger charge is 2.51. The van der Waals surface area contributed by atoms with Gasteiger partial charge < -0.3 is 0 Å². The molecule has 21 heavy (non-hydrogen) atoms. The average Bonchev–Trinajstić information content (AvgIpc) is 2.46. The van der Waals surface area contributed by atoms with Gasteiger partial charge >= 0.3 is 0 Å². The van der Waals surface area contributed by atoms with Gasteiger partial charge in [0.25, 0.3) is 0 Å². The van der Waals surface area contributed by atoms with Gasteiger partial charge in [0, 0.05) is 15.9 Å². The van der Waals surface area contributed by atoms with Crippen molar-refractivity contribution in [2.45, 2.75) is 85.9 Å². The van der Waals surface area contributed by atoms with Crippen LogP contribution >= 0.6 is 61.6 Å². The Morgan fingerprint density at radius 1 is 0.762 bits per heavy atom. The number of hydrogen-bond acceptors (Lipinski definition) is 0. The van der Waals surface area contributed by atoms with E-state index in [4.69, 9.17) is 46.4 Å². The molecule has 0 bridgehead atoms. The molecule has 1 saturated heterocycles. The van der Waals surface area contributed by atoms with Gasteiger partial charge in [-0.1, -0.05) is 34.5 Å². The third kappa shape index (κ3) is 5.00. The minimum absolute atomic E-state index is 0.0378. The first kappa shape index (κ1) is 21.1. The van der Waals surface area contributed by atoms with E-state index in [1.54, 1.807) is 0 Å². The monoisotopic (exact) mass is 410 g/mol. The summed E-state index contributed by atoms with van der Waals surface area (Å²) in [7, 11) is -0.804. The molecule has 6 heteroatoms. The van der Waals surface area contributed by atoms with Crippen LogP contribution in [0.15, 0.2) is 0 Å². The summed E-state index contributed by atoms with van der Waals surface area (Å²) in [4.78, 5) is 0. The fourth-order valence-electron chi connectivity index (χ4n) is 3.46. The quantitative estimate of drug-likeness (QED) is 0.324. The Labute approximate surface area is 153 Å². The molecule has 6 unspecified atom stereocenters. The molecule has 0 aromatic heterocycles. The SMILES string of the molecule is CC(Cl)P1CCCCCCC(C(C)Cl)(C(C)Cl)P1C(C)Cl. The van der Waals surface area contributed by atoms with E-state index in [9.17, 15) is 0 Å². The van der Waals surface area contributed by atoms with E-state index in [0.29, 0.717) is 0 Å². The molecule has 0 aromatic rings. The molecule has 126 valence electrons. The maximum atomic E-state index is 6.74. The average molecular weight is 412 g/mol. The van der Waals surface area contributed by atoms with E-state index < -0.39 is 7.61 Å². The van der Waals surface area contributed by atoms with Crippen LogP contribution in [0.1, 0.15) is 59.8 Å². The molecule has 1 heterocycles. The molecular weight excluding hydrogens is 384 g/mol. The number of halogens is 4. The van der Waals surface area contributed by atoms with Crippen molar-refractivity contribution in [3.63, 3.8) is 0 Å². The van der Waals surface area contributed by atoms with Crippen LogP contribution in [0.4, 0.5) is 0 Å². The van der Waals surface area contributed by atoms with Crippen molar-refractivity contribution < 1.29 is 0 Å². The van der Waals surface area contributed by atoms with Gasteiger partial charge in [-0.25, -0.2) is 0 Å². The first-order valence-corrected chi connectivity index (χ1v) is 13.3. The summed E-state index contributed by atoms with van der Waals surface area (Å²) in [6.07, 6.45) is 7.36. The summed E-state index contributed by atoms with van der Waals surface area (Å²) in [5.41, 5.74) is 0. The molecule has 0 radical (unpaired) electrons. The highest BCUT2D eigenvalue weighted by molar-refractivity contribution is 8.31. The normalized spacial score (nSPS) is 37.7. The third-order valence-corrected chi connectivity index (χ3v) is 17.9. The summed E-state index contributed by atoms with van der Waals surface area (Å²) in [5, 5.41) is 0.328. The van der Waals surface area contributed by atoms with Crippen molar-refractivity contribution in [2.75, 3.05) is 6.16 Å². The van der Waals surface area contributed by atoms with Crippen LogP contribution in [0, 0.1) is 0 Å². The van der Waals surface area contributed by atoms with Crippen molar-refractivity contribution in [3.05, 3.63) is 0 Å². The van der Waals surface area contributed by atoms with Crippen LogP contribution in [0.3, 0.4) is 0 Å². The van der Waals surface area contributed by atoms with Crippen molar-refractivity contribution in [1.82, 2.24) is 0 Å². The molecule has 0 spiro atoms. The highest BCUT2D eigenvalue weighted by atomic mass is 35.5. The minimum atomic E-state index is -0.486. The first-order chi connectivity index (χ1) is 9.75. The van der Waals surface area contributed by atoms with Gasteiger partial charge in [-0.3, -0.25) is 0 Å². The number of alkyl halides is 4. The zero-order valence-electron chi connectivity index (χ0n) is 13.5. The van der Waals surface area contributed by atoms with E-state index in [-0.39, 0.29) is 33.8 Å². The fraction of sp³-hybridized carbons (Fsp3) is 1.00. The topological polar surface area (TPSA) is 0 Å². The van der Waals surface area contributed by atoms with Gasteiger partial charge in [0.1, 0.15) is 0 Å². The summed E-state index contributed by atoms with van der Waals surface area (Å²) in [6.45, 7) is 8.49. The Hall–Kier alpha value is 2.02. The first-order valence-electron chi connectivity index (χ1n) is 7.87. The summed E-state index contributed by atoms with van der Waals surface area (Å²) in [5.74, 6) is 0. The predicted octanol–water partition coefficient (Wildman–Crippen LogP) is 7.99. The van der Waals surface area contributed by atoms with Crippen LogP contribution in [0.2, 0.25) is 0 Å². The molecule has 1 aliphatic rings. The molecule has 0 N–H and O–H groups in total. The standard InChI is InChI=1S/C15H28Cl4P2/c1-11(16)15(12(2)17)9-7-5-6-8-10-20(13(3)18)21(15)14(4)19/h11-14H,5-10H2,1-4H3. The smallest absolute Gasteiger partial charge is 0.0552 e. The Bertz CT molecular complexity index is 300. The zero-order chi connectivity index (χ0) is 16.2. The van der Waals surface area contributed by atoms with E-state index >= 15 is 0 Å². The number of rotatable bonds is 4. The lowest BCUT2D eigenvalue weighted by atomic mass is 9.93. The van der Waals surface area contributed by atoms with Crippen LogP contribution in [0.25, 0.3) is 0 Å². The van der Waals surface area contributed by atoms with Crippen LogP contribution in [-0.2, 0) is 0 Å². The van der Waals surface area contributed by atoms with E-state index in [1.165, 1.54) is 31.8 Å². The highest BCUT2D eigenvalue weighted by Crippen LogP contribution is 2.83. The maximum absolute atomic E-state index is 6.74. The number of hydrogen-bond donors (Lipinski definition) is 0. The molecule has 0 saturated carbocycles. The van der Waals surface area contributed by atoms with Gasteiger partial charge in [0.2, 0.25) is 0 Å². The lowest BCUT2D eigenvalue weighted by Gasteiger charge is -2.50. The largest absolute Gasteiger partial charge is 0.122 e. The Morgan fingerprint density at radius 2 is 1.29 bits per heavy atom. The summed E-state index contributed by atoms with van der Waals surface area (Å²) >= 11 is 26.8. The van der Waals surface area contributed by atoms with Crippen LogP contribution in [-0.4, -0.2) is 32.3 Å². The molecule has 1 aliphatic heterocycles. The molecule has 0 amide bonds. The lowest BCUT2D eigenvalue weighted by molar-refractivity contribution is 0.478. The molecule has 0 aromatic carbocycles. The second-order valence-electron chi connectivity index (χ2n) is 6.04. The molecule has 0 aliphatic carbocycles. The van der Waals surface area contributed by atoms with Gasteiger partial charge in [-0.05, 0) is 46.7 Å². The fourth-order valence-corrected chi connectivity index (χ4v) is 18.1. The van der Waals surface area contributed by atoms with Gasteiger partial charge in [-0.2, -0.15) is 0 Å². The molecule has 1 rings (SSSR count). The van der Waals surface area contributed by atoms with Crippen molar-refractivity contribution >= 4 is 61.6 Å². The van der Waals surface area contributed by atoms with Crippen LogP contribution < -0.4 is 0 Å². The minimum Gasteiger partial charge on any atom is -0.122 e. The van der Waals surface area contributed by atoms with E-state index in [2.05, 4.69) is 27.7 Å². The Morgan fingerprint density at radius 3 is 1.71 bits per heavy atom. The third-order valence-electron chi connectivity index (χ3n) is 4.54. The van der Waals surface area contributed by atoms with Crippen LogP contribution in [0.5, 0.6) is 0 Å². The zero-order valence-corrected chi connectivity index (χ0v) is 18.3. The lowest BCUT2D eigenvalue weighted by Crippen LogP contribution is -2.44. The van der Waals surface area contributed by atoms with E-state index in [0.717, 1.165) is 6.42 Å². The Kier molecular flexibility index (Phi) is 9.52. The van der Waals surface area contributed by atoms with Crippen molar-refractivity contribution in [3.8, 4) is 0 Å². The summed E-state index contributed by atoms with van der Waals surface area (Å²) < 4.78 is 0. The second-order valence-corrected chi connectivity index (χ2v) is 16.5. The van der Waals surface area contributed by atoms with Gasteiger partial charge in [0.15, 0.2) is 0 Å². The van der Waals surface area contributed by atoms with Gasteiger partial charge in [0.05, 0.1) is 10.2 Å². The molecular formula is C15H28Cl4P2. The second kappa shape index (κ2) is 9.49. The Balaban J connectivity index is 3.34. The molecule has 0 nitrogen and oxygen atoms in total. The molecule has 6 atom stereocenters. The van der Waals surface area contributed by atoms with Crippen molar-refractivity contribution in [2.24, 2.45) is 0 Å². The van der Waals surface area contributed by atoms with Gasteiger partial charge in [-0.15, -0.1) is 46.4 Å². The summed E-state index contributed by atoms with van der Waals surface area (Å²) in [6, 6.07) is 0. The maximum Gasteiger partial charge on any atom is 0.0552 e.